The molecule has 0 spiro atoms. The standard InChI is InChI=1S/C18H23NOS/c1-5-19(17(20)13-21-18(2,3)4)16-11-10-14-8-6-7-9-15(14)12-16/h6-12H,5,13H2,1-4H3. The molecular weight excluding hydrogens is 278 g/mol. The third kappa shape index (κ3) is 4.24. The molecule has 0 aliphatic rings. The van der Waals surface area contributed by atoms with Crippen LogP contribution in [0.25, 0.3) is 10.8 Å². The molecule has 0 bridgehead atoms. The van der Waals surface area contributed by atoms with Crippen LogP contribution in [0.15, 0.2) is 42.5 Å². The molecule has 0 unspecified atom stereocenters. The summed E-state index contributed by atoms with van der Waals surface area (Å²) in [5, 5.41) is 2.37. The molecular formula is C18H23NOS. The number of carbonyl (C=O) groups excluding carboxylic acids is 1. The molecule has 2 aromatic rings. The zero-order valence-corrected chi connectivity index (χ0v) is 14.0. The first-order valence-corrected chi connectivity index (χ1v) is 8.32. The molecule has 2 aromatic carbocycles. The average molecular weight is 301 g/mol. The van der Waals surface area contributed by atoms with Gasteiger partial charge in [-0.25, -0.2) is 0 Å². The van der Waals surface area contributed by atoms with Crippen molar-refractivity contribution in [3.05, 3.63) is 42.5 Å². The minimum atomic E-state index is 0.110. The van der Waals surface area contributed by atoms with E-state index in [2.05, 4.69) is 45.0 Å². The van der Waals surface area contributed by atoms with E-state index < -0.39 is 0 Å². The van der Waals surface area contributed by atoms with Gasteiger partial charge in [0, 0.05) is 17.0 Å². The Morgan fingerprint density at radius 2 is 1.76 bits per heavy atom. The Morgan fingerprint density at radius 1 is 1.10 bits per heavy atom. The predicted octanol–water partition coefficient (Wildman–Crippen LogP) is 4.72. The Morgan fingerprint density at radius 3 is 2.38 bits per heavy atom. The van der Waals surface area contributed by atoms with E-state index in [4.69, 9.17) is 0 Å². The van der Waals surface area contributed by atoms with Gasteiger partial charge in [0.05, 0.1) is 5.75 Å². The maximum atomic E-state index is 12.5. The third-order valence-corrected chi connectivity index (χ3v) is 4.55. The molecule has 1 amide bonds. The zero-order chi connectivity index (χ0) is 15.5. The number of fused-ring (bicyclic) bond motifs is 1. The van der Waals surface area contributed by atoms with Gasteiger partial charge in [0.2, 0.25) is 5.91 Å². The predicted molar refractivity (Wildman–Crippen MR) is 94.2 cm³/mol. The fourth-order valence-electron chi connectivity index (χ4n) is 2.20. The van der Waals surface area contributed by atoms with Crippen molar-refractivity contribution >= 4 is 34.1 Å². The van der Waals surface area contributed by atoms with E-state index in [-0.39, 0.29) is 10.7 Å². The lowest BCUT2D eigenvalue weighted by Gasteiger charge is -2.24. The summed E-state index contributed by atoms with van der Waals surface area (Å²) in [5.41, 5.74) is 0.982. The summed E-state index contributed by atoms with van der Waals surface area (Å²) in [6.45, 7) is 9.13. The van der Waals surface area contributed by atoms with Gasteiger partial charge >= 0.3 is 0 Å². The van der Waals surface area contributed by atoms with Crippen molar-refractivity contribution in [2.45, 2.75) is 32.4 Å². The Labute approximate surface area is 131 Å². The largest absolute Gasteiger partial charge is 0.312 e. The van der Waals surface area contributed by atoms with Crippen molar-refractivity contribution in [1.29, 1.82) is 0 Å². The molecule has 0 aliphatic heterocycles. The molecule has 2 rings (SSSR count). The number of hydrogen-bond donors (Lipinski definition) is 0. The minimum Gasteiger partial charge on any atom is -0.312 e. The van der Waals surface area contributed by atoms with E-state index in [0.29, 0.717) is 12.3 Å². The second kappa shape index (κ2) is 6.52. The lowest BCUT2D eigenvalue weighted by atomic mass is 10.1. The van der Waals surface area contributed by atoms with E-state index in [1.54, 1.807) is 11.8 Å². The highest BCUT2D eigenvalue weighted by atomic mass is 32.2. The van der Waals surface area contributed by atoms with E-state index in [0.717, 1.165) is 5.69 Å². The molecule has 2 nitrogen and oxygen atoms in total. The van der Waals surface area contributed by atoms with E-state index in [1.165, 1.54) is 10.8 Å². The second-order valence-corrected chi connectivity index (χ2v) is 7.87. The van der Waals surface area contributed by atoms with Crippen molar-refractivity contribution in [3.63, 3.8) is 0 Å². The number of anilines is 1. The van der Waals surface area contributed by atoms with E-state index in [9.17, 15) is 4.79 Å². The quantitative estimate of drug-likeness (QED) is 0.814. The molecule has 0 radical (unpaired) electrons. The summed E-state index contributed by atoms with van der Waals surface area (Å²) in [6, 6.07) is 14.4. The van der Waals surface area contributed by atoms with Gasteiger partial charge in [-0.2, -0.15) is 0 Å². The number of amides is 1. The van der Waals surface area contributed by atoms with Crippen molar-refractivity contribution in [2.24, 2.45) is 0 Å². The maximum Gasteiger partial charge on any atom is 0.236 e. The second-order valence-electron chi connectivity index (χ2n) is 6.07. The van der Waals surface area contributed by atoms with Gasteiger partial charge in [-0.15, -0.1) is 11.8 Å². The Hall–Kier alpha value is -1.48. The molecule has 0 saturated carbocycles. The van der Waals surface area contributed by atoms with Gasteiger partial charge in [-0.3, -0.25) is 4.79 Å². The van der Waals surface area contributed by atoms with Gasteiger partial charge < -0.3 is 4.90 Å². The monoisotopic (exact) mass is 301 g/mol. The van der Waals surface area contributed by atoms with Crippen LogP contribution < -0.4 is 4.90 Å². The molecule has 0 saturated heterocycles. The van der Waals surface area contributed by atoms with Gasteiger partial charge in [0.25, 0.3) is 0 Å². The normalized spacial score (nSPS) is 11.6. The SMILES string of the molecule is CCN(C(=O)CSC(C)(C)C)c1ccc2ccccc2c1. The number of hydrogen-bond acceptors (Lipinski definition) is 2. The van der Waals surface area contributed by atoms with Crippen LogP contribution in [0.3, 0.4) is 0 Å². The first-order chi connectivity index (χ1) is 9.90. The molecule has 0 heterocycles. The van der Waals surface area contributed by atoms with Crippen LogP contribution in [0, 0.1) is 0 Å². The fourth-order valence-corrected chi connectivity index (χ4v) is 2.92. The lowest BCUT2D eigenvalue weighted by molar-refractivity contribution is -0.116. The number of thioether (sulfide) groups is 1. The summed E-state index contributed by atoms with van der Waals surface area (Å²) in [6.07, 6.45) is 0. The third-order valence-electron chi connectivity index (χ3n) is 3.29. The Bertz CT molecular complexity index is 630. The smallest absolute Gasteiger partial charge is 0.236 e. The molecule has 0 atom stereocenters. The maximum absolute atomic E-state index is 12.5. The zero-order valence-electron chi connectivity index (χ0n) is 13.2. The molecule has 0 fully saturated rings. The topological polar surface area (TPSA) is 20.3 Å². The van der Waals surface area contributed by atoms with Gasteiger partial charge in [-0.1, -0.05) is 51.1 Å². The highest BCUT2D eigenvalue weighted by molar-refractivity contribution is 8.01. The first kappa shape index (κ1) is 15.9. The Kier molecular flexibility index (Phi) is 4.94. The molecule has 0 N–H and O–H groups in total. The van der Waals surface area contributed by atoms with Crippen molar-refractivity contribution in [1.82, 2.24) is 0 Å². The van der Waals surface area contributed by atoms with E-state index in [1.807, 2.05) is 30.0 Å². The van der Waals surface area contributed by atoms with Crippen LogP contribution in [-0.2, 0) is 4.79 Å². The first-order valence-electron chi connectivity index (χ1n) is 7.34. The van der Waals surface area contributed by atoms with Crippen molar-refractivity contribution in [3.8, 4) is 0 Å². The average Bonchev–Trinajstić information content (AvgIpc) is 2.45. The van der Waals surface area contributed by atoms with Crippen LogP contribution >= 0.6 is 11.8 Å². The number of rotatable bonds is 4. The van der Waals surface area contributed by atoms with Crippen LogP contribution in [0.2, 0.25) is 0 Å². The van der Waals surface area contributed by atoms with Crippen LogP contribution in [0.1, 0.15) is 27.7 Å². The van der Waals surface area contributed by atoms with Crippen LogP contribution in [0.4, 0.5) is 5.69 Å². The Balaban J connectivity index is 2.20. The molecule has 0 aliphatic carbocycles. The highest BCUT2D eigenvalue weighted by Gasteiger charge is 2.18. The highest BCUT2D eigenvalue weighted by Crippen LogP contribution is 2.26. The minimum absolute atomic E-state index is 0.110. The lowest BCUT2D eigenvalue weighted by Crippen LogP contribution is -2.33. The summed E-state index contributed by atoms with van der Waals surface area (Å²) in [4.78, 5) is 14.3. The molecule has 0 aromatic heterocycles. The van der Waals surface area contributed by atoms with Crippen molar-refractivity contribution < 1.29 is 4.79 Å². The van der Waals surface area contributed by atoms with Gasteiger partial charge in [0.1, 0.15) is 0 Å². The van der Waals surface area contributed by atoms with Crippen molar-refractivity contribution in [2.75, 3.05) is 17.2 Å². The molecule has 3 heteroatoms. The summed E-state index contributed by atoms with van der Waals surface area (Å²) in [5.74, 6) is 0.692. The van der Waals surface area contributed by atoms with Crippen LogP contribution in [-0.4, -0.2) is 23.0 Å². The van der Waals surface area contributed by atoms with E-state index >= 15 is 0 Å². The number of nitrogens with zero attached hydrogens (tertiary/aromatic N) is 1. The van der Waals surface area contributed by atoms with Gasteiger partial charge in [0.15, 0.2) is 0 Å². The molecule has 112 valence electrons. The molecule has 21 heavy (non-hydrogen) atoms. The van der Waals surface area contributed by atoms with Crippen LogP contribution in [0.5, 0.6) is 0 Å². The number of carbonyl (C=O) groups is 1. The summed E-state index contributed by atoms with van der Waals surface area (Å²) < 4.78 is 0.110. The number of benzene rings is 2. The van der Waals surface area contributed by atoms with Gasteiger partial charge in [-0.05, 0) is 29.8 Å². The fraction of sp³-hybridized carbons (Fsp3) is 0.389. The summed E-state index contributed by atoms with van der Waals surface area (Å²) >= 11 is 1.69. The summed E-state index contributed by atoms with van der Waals surface area (Å²) in [7, 11) is 0.